The summed E-state index contributed by atoms with van der Waals surface area (Å²) in [6, 6.07) is 14.1. The van der Waals surface area contributed by atoms with Crippen LogP contribution in [0.4, 0.5) is 16.0 Å². The zero-order valence-electron chi connectivity index (χ0n) is 11.3. The summed E-state index contributed by atoms with van der Waals surface area (Å²) in [5, 5.41) is 3.57. The van der Waals surface area contributed by atoms with Crippen LogP contribution in [0.25, 0.3) is 5.69 Å². The lowest BCUT2D eigenvalue weighted by atomic mass is 10.3. The summed E-state index contributed by atoms with van der Waals surface area (Å²) in [5.74, 6) is 0.231. The molecule has 0 saturated carbocycles. The molecule has 0 bridgehead atoms. The van der Waals surface area contributed by atoms with Crippen molar-refractivity contribution in [1.82, 2.24) is 9.55 Å². The molecule has 1 aromatic heterocycles. The maximum Gasteiger partial charge on any atom is 0.212 e. The lowest BCUT2D eigenvalue weighted by molar-refractivity contribution is 0.627. The first-order valence-corrected chi connectivity index (χ1v) is 6.84. The van der Waals surface area contributed by atoms with Gasteiger partial charge < -0.3 is 5.32 Å². The number of imidazole rings is 1. The van der Waals surface area contributed by atoms with Crippen molar-refractivity contribution in [2.75, 3.05) is 5.32 Å². The van der Waals surface area contributed by atoms with Gasteiger partial charge in [-0.25, -0.2) is 9.37 Å². The average molecular weight is 302 g/mol. The summed E-state index contributed by atoms with van der Waals surface area (Å²) in [6.07, 6.45) is 1.83. The summed E-state index contributed by atoms with van der Waals surface area (Å²) in [5.41, 5.74) is 2.36. The van der Waals surface area contributed by atoms with Crippen molar-refractivity contribution in [3.63, 3.8) is 0 Å². The quantitative estimate of drug-likeness (QED) is 0.759. The van der Waals surface area contributed by atoms with Gasteiger partial charge in [-0.05, 0) is 37.3 Å². The Morgan fingerprint density at radius 1 is 1.14 bits per heavy atom. The number of anilines is 2. The number of aromatic nitrogens is 2. The van der Waals surface area contributed by atoms with Crippen molar-refractivity contribution in [3.8, 4) is 5.69 Å². The third-order valence-corrected chi connectivity index (χ3v) is 3.20. The molecule has 21 heavy (non-hydrogen) atoms. The van der Waals surface area contributed by atoms with Gasteiger partial charge in [0.1, 0.15) is 5.82 Å². The molecule has 0 aliphatic heterocycles. The van der Waals surface area contributed by atoms with Gasteiger partial charge in [0, 0.05) is 16.9 Å². The number of para-hydroxylation sites is 1. The van der Waals surface area contributed by atoms with Gasteiger partial charge in [-0.15, -0.1) is 0 Å². The fraction of sp³-hybridized carbons (Fsp3) is 0.0625. The van der Waals surface area contributed by atoms with E-state index in [0.717, 1.165) is 11.4 Å². The fourth-order valence-corrected chi connectivity index (χ4v) is 2.33. The molecule has 2 aromatic carbocycles. The summed E-state index contributed by atoms with van der Waals surface area (Å²) < 4.78 is 15.3. The number of halogens is 2. The van der Waals surface area contributed by atoms with Gasteiger partial charge in [-0.1, -0.05) is 29.8 Å². The number of rotatable bonds is 3. The van der Waals surface area contributed by atoms with Crippen LogP contribution >= 0.6 is 11.6 Å². The Kier molecular flexibility index (Phi) is 3.62. The second-order valence-electron chi connectivity index (χ2n) is 4.69. The van der Waals surface area contributed by atoms with E-state index >= 15 is 0 Å². The maximum absolute atomic E-state index is 13.5. The monoisotopic (exact) mass is 301 g/mol. The number of hydrogen-bond donors (Lipinski definition) is 1. The highest BCUT2D eigenvalue weighted by Crippen LogP contribution is 2.23. The molecule has 3 rings (SSSR count). The normalized spacial score (nSPS) is 10.6. The van der Waals surface area contributed by atoms with Crippen LogP contribution in [0.1, 0.15) is 5.69 Å². The number of nitrogens with one attached hydrogen (secondary N) is 1. The zero-order valence-corrected chi connectivity index (χ0v) is 12.1. The molecule has 0 fully saturated rings. The van der Waals surface area contributed by atoms with E-state index in [1.807, 2.05) is 43.5 Å². The molecular weight excluding hydrogens is 289 g/mol. The van der Waals surface area contributed by atoms with Crippen LogP contribution in [0.2, 0.25) is 5.02 Å². The van der Waals surface area contributed by atoms with Crippen LogP contribution in [0.3, 0.4) is 0 Å². The number of nitrogens with zero attached hydrogens (tertiary/aromatic N) is 2. The smallest absolute Gasteiger partial charge is 0.212 e. The van der Waals surface area contributed by atoms with E-state index < -0.39 is 0 Å². The molecule has 3 aromatic rings. The molecule has 0 amide bonds. The molecular formula is C16H13ClFN3. The Hall–Kier alpha value is -2.33. The molecule has 0 unspecified atom stereocenters. The van der Waals surface area contributed by atoms with Crippen LogP contribution in [-0.4, -0.2) is 9.55 Å². The molecule has 3 nitrogen and oxygen atoms in total. The lowest BCUT2D eigenvalue weighted by Gasteiger charge is -2.10. The topological polar surface area (TPSA) is 29.9 Å². The molecule has 1 N–H and O–H groups in total. The van der Waals surface area contributed by atoms with E-state index in [1.54, 1.807) is 10.6 Å². The van der Waals surface area contributed by atoms with Crippen molar-refractivity contribution in [2.24, 2.45) is 0 Å². The molecule has 5 heteroatoms. The van der Waals surface area contributed by atoms with Crippen LogP contribution in [0.5, 0.6) is 0 Å². The molecule has 1 heterocycles. The summed E-state index contributed by atoms with van der Waals surface area (Å²) in [6.45, 7) is 1.88. The van der Waals surface area contributed by atoms with E-state index in [4.69, 9.17) is 11.6 Å². The van der Waals surface area contributed by atoms with Crippen molar-refractivity contribution in [2.45, 2.75) is 6.92 Å². The molecule has 0 saturated heterocycles. The van der Waals surface area contributed by atoms with E-state index in [9.17, 15) is 4.39 Å². The second kappa shape index (κ2) is 5.58. The minimum atomic E-state index is -0.380. The van der Waals surface area contributed by atoms with Gasteiger partial charge in [-0.2, -0.15) is 0 Å². The van der Waals surface area contributed by atoms with Crippen LogP contribution in [0.15, 0.2) is 54.7 Å². The Morgan fingerprint density at radius 2 is 1.90 bits per heavy atom. The Bertz CT molecular complexity index is 748. The predicted molar refractivity (Wildman–Crippen MR) is 83.0 cm³/mol. The first-order valence-electron chi connectivity index (χ1n) is 6.46. The molecule has 106 valence electrons. The summed E-state index contributed by atoms with van der Waals surface area (Å²) in [7, 11) is 0. The minimum absolute atomic E-state index is 0.349. The Labute approximate surface area is 127 Å². The SMILES string of the molecule is Cc1cn(-c2cc(F)cc(Cl)c2)c(Nc2ccccc2)n1. The average Bonchev–Trinajstić information content (AvgIpc) is 2.80. The highest BCUT2D eigenvalue weighted by Gasteiger charge is 2.09. The minimum Gasteiger partial charge on any atom is -0.325 e. The molecule has 0 radical (unpaired) electrons. The van der Waals surface area contributed by atoms with Crippen LogP contribution in [0, 0.1) is 12.7 Å². The van der Waals surface area contributed by atoms with E-state index in [1.165, 1.54) is 12.1 Å². The number of aryl methyl sites for hydroxylation is 1. The first kappa shape index (κ1) is 13.6. The standard InChI is InChI=1S/C16H13ClFN3/c1-11-10-21(15-8-12(17)7-13(18)9-15)16(19-11)20-14-5-3-2-4-6-14/h2-10H,1H3,(H,19,20). The van der Waals surface area contributed by atoms with Gasteiger partial charge in [0.15, 0.2) is 0 Å². The van der Waals surface area contributed by atoms with Gasteiger partial charge in [0.05, 0.1) is 11.4 Å². The van der Waals surface area contributed by atoms with Gasteiger partial charge >= 0.3 is 0 Å². The van der Waals surface area contributed by atoms with Crippen molar-refractivity contribution in [3.05, 3.63) is 71.3 Å². The predicted octanol–water partition coefficient (Wildman–Crippen LogP) is 4.72. The lowest BCUT2D eigenvalue weighted by Crippen LogP contribution is -2.01. The Morgan fingerprint density at radius 3 is 2.62 bits per heavy atom. The van der Waals surface area contributed by atoms with Crippen LogP contribution in [-0.2, 0) is 0 Å². The second-order valence-corrected chi connectivity index (χ2v) is 5.13. The van der Waals surface area contributed by atoms with E-state index in [2.05, 4.69) is 10.3 Å². The highest BCUT2D eigenvalue weighted by atomic mass is 35.5. The van der Waals surface area contributed by atoms with Gasteiger partial charge in [0.2, 0.25) is 5.95 Å². The van der Waals surface area contributed by atoms with Gasteiger partial charge in [-0.3, -0.25) is 4.57 Å². The molecule has 0 atom stereocenters. The number of hydrogen-bond acceptors (Lipinski definition) is 2. The van der Waals surface area contributed by atoms with Crippen LogP contribution < -0.4 is 5.32 Å². The highest BCUT2D eigenvalue weighted by molar-refractivity contribution is 6.30. The van der Waals surface area contributed by atoms with Crippen molar-refractivity contribution < 1.29 is 4.39 Å². The third-order valence-electron chi connectivity index (χ3n) is 2.98. The molecule has 0 aliphatic rings. The largest absolute Gasteiger partial charge is 0.325 e. The van der Waals surface area contributed by atoms with E-state index in [-0.39, 0.29) is 5.82 Å². The maximum atomic E-state index is 13.5. The Balaban J connectivity index is 2.03. The molecule has 0 spiro atoms. The van der Waals surface area contributed by atoms with E-state index in [0.29, 0.717) is 16.7 Å². The third kappa shape index (κ3) is 3.06. The zero-order chi connectivity index (χ0) is 14.8. The van der Waals surface area contributed by atoms with Crippen molar-refractivity contribution >= 4 is 23.2 Å². The summed E-state index contributed by atoms with van der Waals surface area (Å²) in [4.78, 5) is 4.43. The fourth-order valence-electron chi connectivity index (χ4n) is 2.11. The summed E-state index contributed by atoms with van der Waals surface area (Å²) >= 11 is 5.93. The van der Waals surface area contributed by atoms with Crippen molar-refractivity contribution in [1.29, 1.82) is 0 Å². The van der Waals surface area contributed by atoms with Gasteiger partial charge in [0.25, 0.3) is 0 Å². The first-order chi connectivity index (χ1) is 10.1. The molecule has 0 aliphatic carbocycles. The number of benzene rings is 2.